The summed E-state index contributed by atoms with van der Waals surface area (Å²) in [6.07, 6.45) is 2.42. The third kappa shape index (κ3) is 6.84. The molecule has 1 aliphatic carbocycles. The maximum Gasteiger partial charge on any atom is 0.122 e. The van der Waals surface area contributed by atoms with Crippen molar-refractivity contribution in [2.75, 3.05) is 20.8 Å². The van der Waals surface area contributed by atoms with Crippen LogP contribution in [0.4, 0.5) is 0 Å². The average molecular weight is 375 g/mol. The van der Waals surface area contributed by atoms with E-state index in [0.717, 1.165) is 12.4 Å². The molecule has 0 radical (unpaired) electrons. The molecule has 0 saturated heterocycles. The minimum Gasteiger partial charge on any atom is -0.496 e. The smallest absolute Gasteiger partial charge is 0.122 e. The molecule has 2 aromatic carbocycles. The van der Waals surface area contributed by atoms with Gasteiger partial charge in [-0.15, -0.1) is 0 Å². The number of benzene rings is 2. The summed E-state index contributed by atoms with van der Waals surface area (Å²) in [6.45, 7) is 15.2. The molecular formula is C25H42O2. The highest BCUT2D eigenvalue weighted by Crippen LogP contribution is 2.45. The first kappa shape index (κ1) is 25.5. The Labute approximate surface area is 168 Å². The average Bonchev–Trinajstić information content (AvgIpc) is 3.12. The Balaban J connectivity index is 0.00000103. The van der Waals surface area contributed by atoms with Crippen molar-refractivity contribution in [2.24, 2.45) is 11.8 Å². The molecule has 3 rings (SSSR count). The van der Waals surface area contributed by atoms with Crippen LogP contribution in [-0.2, 0) is 4.74 Å². The molecule has 3 atom stereocenters. The van der Waals surface area contributed by atoms with Gasteiger partial charge in [0.05, 0.1) is 7.11 Å². The summed E-state index contributed by atoms with van der Waals surface area (Å²) in [6, 6.07) is 13.0. The topological polar surface area (TPSA) is 18.5 Å². The first-order valence-corrected chi connectivity index (χ1v) is 10.8. The van der Waals surface area contributed by atoms with Crippen molar-refractivity contribution >= 4 is 10.8 Å². The highest BCUT2D eigenvalue weighted by Gasteiger charge is 2.33. The molecule has 2 nitrogen and oxygen atoms in total. The lowest BCUT2D eigenvalue weighted by atomic mass is 9.93. The molecule has 2 unspecified atom stereocenters. The Morgan fingerprint density at radius 1 is 0.852 bits per heavy atom. The maximum atomic E-state index is 5.67. The molecule has 1 saturated carbocycles. The molecule has 154 valence electrons. The van der Waals surface area contributed by atoms with Crippen molar-refractivity contribution in [3.63, 3.8) is 0 Å². The van der Waals surface area contributed by atoms with E-state index >= 15 is 0 Å². The standard InChI is InChI=1S/C19H24O2.3C2H6/c1-13-8-16(9-17(13)12-20-2)18-10-14-6-4-5-7-15(14)11-19(18)21-3;3*1-2/h4-7,10-11,13,16-17H,8-9,12H2,1-3H3;3*1-2H3/t13?,16-,17?;;;/m0.../s1. The Hall–Kier alpha value is -1.54. The molecule has 0 heterocycles. The van der Waals surface area contributed by atoms with Gasteiger partial charge in [-0.25, -0.2) is 0 Å². The Bertz CT molecular complexity index is 621. The molecule has 27 heavy (non-hydrogen) atoms. The quantitative estimate of drug-likeness (QED) is 0.545. The predicted octanol–water partition coefficient (Wildman–Crippen LogP) is 7.70. The van der Waals surface area contributed by atoms with Gasteiger partial charge >= 0.3 is 0 Å². The summed E-state index contributed by atoms with van der Waals surface area (Å²) in [5, 5.41) is 2.55. The van der Waals surface area contributed by atoms with Crippen LogP contribution in [0.2, 0.25) is 0 Å². The van der Waals surface area contributed by atoms with E-state index in [0.29, 0.717) is 17.8 Å². The van der Waals surface area contributed by atoms with Crippen molar-refractivity contribution in [3.05, 3.63) is 42.0 Å². The fourth-order valence-corrected chi connectivity index (χ4v) is 3.77. The molecule has 0 amide bonds. The fourth-order valence-electron chi connectivity index (χ4n) is 3.77. The Kier molecular flexibility index (Phi) is 13.7. The van der Waals surface area contributed by atoms with E-state index < -0.39 is 0 Å². The Morgan fingerprint density at radius 2 is 1.41 bits per heavy atom. The summed E-state index contributed by atoms with van der Waals surface area (Å²) in [5.74, 6) is 2.99. The normalized spacial score (nSPS) is 20.4. The molecule has 0 N–H and O–H groups in total. The molecule has 0 spiro atoms. The van der Waals surface area contributed by atoms with E-state index in [1.54, 1.807) is 14.2 Å². The van der Waals surface area contributed by atoms with Gasteiger partial charge < -0.3 is 9.47 Å². The van der Waals surface area contributed by atoms with Crippen molar-refractivity contribution in [1.29, 1.82) is 0 Å². The lowest BCUT2D eigenvalue weighted by molar-refractivity contribution is 0.136. The molecule has 0 aromatic heterocycles. The summed E-state index contributed by atoms with van der Waals surface area (Å²) < 4.78 is 11.0. The van der Waals surface area contributed by atoms with Crippen molar-refractivity contribution in [2.45, 2.75) is 67.2 Å². The Morgan fingerprint density at radius 3 is 1.93 bits per heavy atom. The van der Waals surface area contributed by atoms with Gasteiger partial charge in [0, 0.05) is 13.7 Å². The second-order valence-electron chi connectivity index (χ2n) is 6.30. The third-order valence-electron chi connectivity index (χ3n) is 4.97. The second kappa shape index (κ2) is 14.5. The van der Waals surface area contributed by atoms with Gasteiger partial charge in [-0.3, -0.25) is 0 Å². The van der Waals surface area contributed by atoms with Gasteiger partial charge in [-0.2, -0.15) is 0 Å². The van der Waals surface area contributed by atoms with Crippen molar-refractivity contribution in [1.82, 2.24) is 0 Å². The van der Waals surface area contributed by atoms with E-state index in [9.17, 15) is 0 Å². The van der Waals surface area contributed by atoms with Gasteiger partial charge in [0.1, 0.15) is 5.75 Å². The fraction of sp³-hybridized carbons (Fsp3) is 0.600. The highest BCUT2D eigenvalue weighted by molar-refractivity contribution is 5.85. The van der Waals surface area contributed by atoms with Crippen molar-refractivity contribution in [3.8, 4) is 5.75 Å². The lowest BCUT2D eigenvalue weighted by Gasteiger charge is -2.16. The van der Waals surface area contributed by atoms with E-state index in [-0.39, 0.29) is 0 Å². The van der Waals surface area contributed by atoms with Gasteiger partial charge in [-0.05, 0) is 59.1 Å². The van der Waals surface area contributed by atoms with Crippen LogP contribution < -0.4 is 4.74 Å². The summed E-state index contributed by atoms with van der Waals surface area (Å²) in [4.78, 5) is 0. The van der Waals surface area contributed by atoms with Gasteiger partial charge in [0.15, 0.2) is 0 Å². The van der Waals surface area contributed by atoms with Crippen LogP contribution in [0.3, 0.4) is 0 Å². The zero-order chi connectivity index (χ0) is 20.8. The second-order valence-corrected chi connectivity index (χ2v) is 6.30. The maximum absolute atomic E-state index is 5.67. The van der Waals surface area contributed by atoms with Crippen molar-refractivity contribution < 1.29 is 9.47 Å². The predicted molar refractivity (Wildman–Crippen MR) is 121 cm³/mol. The monoisotopic (exact) mass is 374 g/mol. The largest absolute Gasteiger partial charge is 0.496 e. The van der Waals surface area contributed by atoms with Crippen LogP contribution in [-0.4, -0.2) is 20.8 Å². The number of fused-ring (bicyclic) bond motifs is 1. The van der Waals surface area contributed by atoms with Gasteiger partial charge in [-0.1, -0.05) is 72.7 Å². The van der Waals surface area contributed by atoms with Crippen LogP contribution in [0, 0.1) is 11.8 Å². The summed E-state index contributed by atoms with van der Waals surface area (Å²) in [7, 11) is 3.58. The van der Waals surface area contributed by atoms with E-state index in [1.807, 2.05) is 41.5 Å². The highest BCUT2D eigenvalue weighted by atomic mass is 16.5. The van der Waals surface area contributed by atoms with E-state index in [4.69, 9.17) is 9.47 Å². The first-order valence-electron chi connectivity index (χ1n) is 10.8. The van der Waals surface area contributed by atoms with Crippen LogP contribution in [0.1, 0.15) is 72.8 Å². The zero-order valence-corrected chi connectivity index (χ0v) is 19.1. The molecule has 2 heteroatoms. The molecule has 2 aromatic rings. The lowest BCUT2D eigenvalue weighted by Crippen LogP contribution is -2.10. The zero-order valence-electron chi connectivity index (χ0n) is 19.1. The number of hydrogen-bond donors (Lipinski definition) is 0. The van der Waals surface area contributed by atoms with Gasteiger partial charge in [0.25, 0.3) is 0 Å². The molecular weight excluding hydrogens is 332 g/mol. The first-order chi connectivity index (χ1) is 13.2. The molecule has 0 bridgehead atoms. The van der Waals surface area contributed by atoms with Crippen LogP contribution in [0.5, 0.6) is 5.75 Å². The summed E-state index contributed by atoms with van der Waals surface area (Å²) >= 11 is 0. The minimum atomic E-state index is 0.583. The third-order valence-corrected chi connectivity index (χ3v) is 4.97. The number of ether oxygens (including phenoxy) is 2. The van der Waals surface area contributed by atoms with Crippen LogP contribution in [0.15, 0.2) is 36.4 Å². The molecule has 1 aliphatic rings. The SMILES string of the molecule is CC.CC.CC.COCC1C[C@@H](c2cc3ccccc3cc2OC)CC1C. The minimum absolute atomic E-state index is 0.583. The van der Waals surface area contributed by atoms with Crippen LogP contribution >= 0.6 is 0 Å². The number of methoxy groups -OCH3 is 2. The van der Waals surface area contributed by atoms with E-state index in [1.165, 1.54) is 29.2 Å². The molecule has 1 fully saturated rings. The van der Waals surface area contributed by atoms with Gasteiger partial charge in [0.2, 0.25) is 0 Å². The van der Waals surface area contributed by atoms with E-state index in [2.05, 4.69) is 43.3 Å². The van der Waals surface area contributed by atoms with Crippen LogP contribution in [0.25, 0.3) is 10.8 Å². The number of hydrogen-bond acceptors (Lipinski definition) is 2. The summed E-state index contributed by atoms with van der Waals surface area (Å²) in [5.41, 5.74) is 1.36. The number of rotatable bonds is 4. The molecule has 0 aliphatic heterocycles.